The standard InChI is InChI=1S/C13H18O5/c1-17-12(15)9-7-5-8-10(9)13(16)18-11(8)6(7)3-2-4-14/h6-11,14H,2-5H2,1H3. The molecule has 0 aromatic heterocycles. The Balaban J connectivity index is 1.85. The van der Waals surface area contributed by atoms with Crippen molar-refractivity contribution in [2.45, 2.75) is 25.4 Å². The van der Waals surface area contributed by atoms with Gasteiger partial charge in [0.15, 0.2) is 0 Å². The Morgan fingerprint density at radius 2 is 2.28 bits per heavy atom. The molecule has 2 saturated carbocycles. The van der Waals surface area contributed by atoms with Crippen molar-refractivity contribution in [2.75, 3.05) is 13.7 Å². The lowest BCUT2D eigenvalue weighted by Crippen LogP contribution is -2.38. The van der Waals surface area contributed by atoms with Crippen molar-refractivity contribution in [3.63, 3.8) is 0 Å². The van der Waals surface area contributed by atoms with Gasteiger partial charge in [0, 0.05) is 18.4 Å². The molecule has 100 valence electrons. The first-order chi connectivity index (χ1) is 8.69. The van der Waals surface area contributed by atoms with E-state index in [0.29, 0.717) is 6.42 Å². The van der Waals surface area contributed by atoms with Gasteiger partial charge in [-0.2, -0.15) is 0 Å². The Labute approximate surface area is 105 Å². The maximum Gasteiger partial charge on any atom is 0.310 e. The van der Waals surface area contributed by atoms with Gasteiger partial charge in [-0.1, -0.05) is 0 Å². The van der Waals surface area contributed by atoms with Gasteiger partial charge in [0.1, 0.15) is 6.10 Å². The molecule has 18 heavy (non-hydrogen) atoms. The number of rotatable bonds is 4. The van der Waals surface area contributed by atoms with Crippen LogP contribution in [0.4, 0.5) is 0 Å². The van der Waals surface area contributed by atoms with E-state index in [4.69, 9.17) is 14.6 Å². The van der Waals surface area contributed by atoms with Crippen molar-refractivity contribution >= 4 is 11.9 Å². The molecule has 0 aromatic carbocycles. The van der Waals surface area contributed by atoms with Crippen molar-refractivity contribution in [3.8, 4) is 0 Å². The highest BCUT2D eigenvalue weighted by molar-refractivity contribution is 5.85. The zero-order valence-corrected chi connectivity index (χ0v) is 10.4. The lowest BCUT2D eigenvalue weighted by atomic mass is 9.73. The number of methoxy groups -OCH3 is 1. The second kappa shape index (κ2) is 4.23. The molecule has 1 N–H and O–H groups in total. The van der Waals surface area contributed by atoms with E-state index in [-0.39, 0.29) is 54.2 Å². The number of aliphatic hydroxyl groups excluding tert-OH is 1. The average Bonchev–Trinajstić information content (AvgIpc) is 2.96. The molecule has 0 radical (unpaired) electrons. The summed E-state index contributed by atoms with van der Waals surface area (Å²) in [6.45, 7) is 0.140. The van der Waals surface area contributed by atoms with Crippen LogP contribution in [0.15, 0.2) is 0 Å². The van der Waals surface area contributed by atoms with E-state index in [0.717, 1.165) is 12.8 Å². The molecule has 6 atom stereocenters. The van der Waals surface area contributed by atoms with Gasteiger partial charge in [-0.05, 0) is 25.2 Å². The molecule has 5 nitrogen and oxygen atoms in total. The summed E-state index contributed by atoms with van der Waals surface area (Å²) in [5, 5.41) is 8.94. The molecule has 3 rings (SSSR count). The minimum Gasteiger partial charge on any atom is -0.469 e. The van der Waals surface area contributed by atoms with Crippen LogP contribution in [0.1, 0.15) is 19.3 Å². The van der Waals surface area contributed by atoms with Crippen LogP contribution in [0.25, 0.3) is 0 Å². The molecule has 1 aliphatic heterocycles. The first-order valence-electron chi connectivity index (χ1n) is 6.58. The van der Waals surface area contributed by atoms with E-state index in [1.54, 1.807) is 0 Å². The number of hydrogen-bond acceptors (Lipinski definition) is 5. The van der Waals surface area contributed by atoms with Crippen molar-refractivity contribution in [1.29, 1.82) is 0 Å². The molecule has 1 heterocycles. The zero-order valence-electron chi connectivity index (χ0n) is 10.4. The van der Waals surface area contributed by atoms with Crippen LogP contribution in [0.5, 0.6) is 0 Å². The maximum atomic E-state index is 11.9. The Morgan fingerprint density at radius 3 is 2.94 bits per heavy atom. The molecule has 0 amide bonds. The topological polar surface area (TPSA) is 72.8 Å². The largest absolute Gasteiger partial charge is 0.469 e. The summed E-state index contributed by atoms with van der Waals surface area (Å²) in [7, 11) is 1.37. The van der Waals surface area contributed by atoms with Gasteiger partial charge in [0.25, 0.3) is 0 Å². The normalized spacial score (nSPS) is 44.2. The molecule has 5 heteroatoms. The Bertz CT molecular complexity index is 380. The molecule has 3 aliphatic rings. The first kappa shape index (κ1) is 12.0. The number of esters is 2. The lowest BCUT2D eigenvalue weighted by molar-refractivity contribution is -0.153. The SMILES string of the molecule is COC(=O)C1C2CC3C(OC(=O)C31)C2CCCO. The summed E-state index contributed by atoms with van der Waals surface area (Å²) in [5.74, 6) is -0.513. The Kier molecular flexibility index (Phi) is 2.81. The number of fused-ring (bicyclic) bond motifs is 1. The van der Waals surface area contributed by atoms with Crippen LogP contribution < -0.4 is 0 Å². The summed E-state index contributed by atoms with van der Waals surface area (Å²) in [6.07, 6.45) is 2.37. The highest BCUT2D eigenvalue weighted by atomic mass is 16.6. The second-order valence-electron chi connectivity index (χ2n) is 5.57. The second-order valence-corrected chi connectivity index (χ2v) is 5.57. The molecule has 0 spiro atoms. The number of carbonyl (C=O) groups excluding carboxylic acids is 2. The van der Waals surface area contributed by atoms with Gasteiger partial charge in [0.2, 0.25) is 0 Å². The van der Waals surface area contributed by atoms with Crippen LogP contribution in [-0.4, -0.2) is 36.9 Å². The minimum absolute atomic E-state index is 0.0278. The predicted octanol–water partition coefficient (Wildman–Crippen LogP) is 0.356. The lowest BCUT2D eigenvalue weighted by Gasteiger charge is -2.30. The molecule has 0 aromatic rings. The Hall–Kier alpha value is -1.10. The highest BCUT2D eigenvalue weighted by Crippen LogP contribution is 2.61. The first-order valence-corrected chi connectivity index (χ1v) is 6.58. The van der Waals surface area contributed by atoms with E-state index < -0.39 is 0 Å². The molecule has 1 saturated heterocycles. The zero-order chi connectivity index (χ0) is 12.9. The van der Waals surface area contributed by atoms with Crippen LogP contribution in [0.2, 0.25) is 0 Å². The van der Waals surface area contributed by atoms with Crippen molar-refractivity contribution < 1.29 is 24.2 Å². The monoisotopic (exact) mass is 254 g/mol. The number of ether oxygens (including phenoxy) is 2. The van der Waals surface area contributed by atoms with Gasteiger partial charge < -0.3 is 14.6 Å². The summed E-state index contributed by atoms with van der Waals surface area (Å²) in [4.78, 5) is 23.7. The Morgan fingerprint density at radius 1 is 1.50 bits per heavy atom. The molecule has 2 aliphatic carbocycles. The van der Waals surface area contributed by atoms with E-state index >= 15 is 0 Å². The van der Waals surface area contributed by atoms with Gasteiger partial charge in [-0.3, -0.25) is 9.59 Å². The van der Waals surface area contributed by atoms with Crippen molar-refractivity contribution in [2.24, 2.45) is 29.6 Å². The fourth-order valence-corrected chi connectivity index (χ4v) is 4.35. The predicted molar refractivity (Wildman–Crippen MR) is 60.3 cm³/mol. The van der Waals surface area contributed by atoms with E-state index in [1.807, 2.05) is 0 Å². The maximum absolute atomic E-state index is 11.9. The highest BCUT2D eigenvalue weighted by Gasteiger charge is 2.68. The van der Waals surface area contributed by atoms with Gasteiger partial charge in [0.05, 0.1) is 18.9 Å². The number of hydrogen-bond donors (Lipinski definition) is 1. The summed E-state index contributed by atoms with van der Waals surface area (Å²) >= 11 is 0. The average molecular weight is 254 g/mol. The summed E-state index contributed by atoms with van der Waals surface area (Å²) in [5.41, 5.74) is 0. The summed E-state index contributed by atoms with van der Waals surface area (Å²) < 4.78 is 10.3. The van der Waals surface area contributed by atoms with Gasteiger partial charge in [-0.15, -0.1) is 0 Å². The van der Waals surface area contributed by atoms with Crippen LogP contribution in [0, 0.1) is 29.6 Å². The smallest absolute Gasteiger partial charge is 0.310 e. The fourth-order valence-electron chi connectivity index (χ4n) is 4.35. The van der Waals surface area contributed by atoms with E-state index in [2.05, 4.69) is 0 Å². The van der Waals surface area contributed by atoms with Crippen LogP contribution in [-0.2, 0) is 19.1 Å². The fraction of sp³-hybridized carbons (Fsp3) is 0.846. The van der Waals surface area contributed by atoms with E-state index in [1.165, 1.54) is 7.11 Å². The minimum atomic E-state index is -0.324. The molecule has 6 unspecified atom stereocenters. The molecule has 2 bridgehead atoms. The third kappa shape index (κ3) is 1.43. The number of carbonyl (C=O) groups is 2. The van der Waals surface area contributed by atoms with Crippen molar-refractivity contribution in [1.82, 2.24) is 0 Å². The van der Waals surface area contributed by atoms with Crippen LogP contribution >= 0.6 is 0 Å². The third-order valence-electron chi connectivity index (χ3n) is 4.94. The summed E-state index contributed by atoms with van der Waals surface area (Å²) in [6, 6.07) is 0. The number of aliphatic hydroxyl groups is 1. The molecular formula is C13H18O5. The molecular weight excluding hydrogens is 236 g/mol. The van der Waals surface area contributed by atoms with Gasteiger partial charge in [-0.25, -0.2) is 0 Å². The quantitative estimate of drug-likeness (QED) is 0.733. The van der Waals surface area contributed by atoms with Crippen molar-refractivity contribution in [3.05, 3.63) is 0 Å². The van der Waals surface area contributed by atoms with E-state index in [9.17, 15) is 9.59 Å². The van der Waals surface area contributed by atoms with Crippen LogP contribution in [0.3, 0.4) is 0 Å². The van der Waals surface area contributed by atoms with Gasteiger partial charge >= 0.3 is 11.9 Å². The third-order valence-corrected chi connectivity index (χ3v) is 4.94. The molecule has 3 fully saturated rings.